The van der Waals surface area contributed by atoms with Crippen LogP contribution in [0.3, 0.4) is 0 Å². The fourth-order valence-corrected chi connectivity index (χ4v) is 3.13. The van der Waals surface area contributed by atoms with Gasteiger partial charge in [-0.15, -0.1) is 11.8 Å². The molecule has 0 bridgehead atoms. The molecule has 7 heteroatoms. The third-order valence-electron chi connectivity index (χ3n) is 2.82. The topological polar surface area (TPSA) is 76.4 Å². The van der Waals surface area contributed by atoms with Crippen LogP contribution in [0.4, 0.5) is 0 Å². The van der Waals surface area contributed by atoms with Crippen molar-refractivity contribution in [2.24, 2.45) is 17.9 Å². The Morgan fingerprint density at radius 1 is 1.45 bits per heavy atom. The van der Waals surface area contributed by atoms with Gasteiger partial charge in [0.05, 0.1) is 11.3 Å². The van der Waals surface area contributed by atoms with E-state index in [1.807, 2.05) is 38.2 Å². The van der Waals surface area contributed by atoms with Gasteiger partial charge < -0.3 is 10.9 Å². The monoisotopic (exact) mass is 310 g/mol. The highest BCUT2D eigenvalue weighted by molar-refractivity contribution is 7.98. The summed E-state index contributed by atoms with van der Waals surface area (Å²) in [6, 6.07) is 7.66. The van der Waals surface area contributed by atoms with Crippen molar-refractivity contribution >= 4 is 29.2 Å². The molecular weight excluding hydrogens is 296 g/mol. The second-order valence-corrected chi connectivity index (χ2v) is 5.69. The van der Waals surface area contributed by atoms with Crippen molar-refractivity contribution in [1.82, 2.24) is 9.78 Å². The Labute approximate surface area is 126 Å². The predicted octanol–water partition coefficient (Wildman–Crippen LogP) is 2.77. The maximum absolute atomic E-state index is 8.86. The van der Waals surface area contributed by atoms with Crippen LogP contribution in [0.1, 0.15) is 16.8 Å². The SMILES string of the molecule is Cc1nn(C)c(SCc2ccc(Cl)cc2)c1/C(N)=N/O. The van der Waals surface area contributed by atoms with E-state index in [1.54, 1.807) is 16.4 Å². The number of aryl methyl sites for hydroxylation is 2. The first-order valence-corrected chi connectivity index (χ1v) is 7.28. The van der Waals surface area contributed by atoms with Gasteiger partial charge in [-0.05, 0) is 24.6 Å². The number of amidine groups is 1. The van der Waals surface area contributed by atoms with Gasteiger partial charge in [0.25, 0.3) is 0 Å². The Kier molecular flexibility index (Phi) is 4.57. The molecule has 3 N–H and O–H groups in total. The maximum atomic E-state index is 8.86. The summed E-state index contributed by atoms with van der Waals surface area (Å²) in [5.41, 5.74) is 8.27. The van der Waals surface area contributed by atoms with Crippen LogP contribution in [0.25, 0.3) is 0 Å². The number of nitrogens with two attached hydrogens (primary N) is 1. The lowest BCUT2D eigenvalue weighted by Crippen LogP contribution is -2.15. The molecule has 5 nitrogen and oxygen atoms in total. The zero-order valence-electron chi connectivity index (χ0n) is 11.2. The molecule has 0 saturated heterocycles. The van der Waals surface area contributed by atoms with E-state index in [0.717, 1.165) is 22.0 Å². The number of benzene rings is 1. The summed E-state index contributed by atoms with van der Waals surface area (Å²) in [6.07, 6.45) is 0. The van der Waals surface area contributed by atoms with Crippen LogP contribution in [-0.2, 0) is 12.8 Å². The van der Waals surface area contributed by atoms with Gasteiger partial charge in [0.15, 0.2) is 5.84 Å². The average Bonchev–Trinajstić information content (AvgIpc) is 2.71. The van der Waals surface area contributed by atoms with Crippen LogP contribution < -0.4 is 5.73 Å². The van der Waals surface area contributed by atoms with Gasteiger partial charge in [0, 0.05) is 17.8 Å². The lowest BCUT2D eigenvalue weighted by molar-refractivity contribution is 0.318. The van der Waals surface area contributed by atoms with E-state index in [-0.39, 0.29) is 5.84 Å². The van der Waals surface area contributed by atoms with Gasteiger partial charge in [-0.1, -0.05) is 28.9 Å². The molecule has 1 aromatic heterocycles. The number of rotatable bonds is 4. The van der Waals surface area contributed by atoms with Gasteiger partial charge in [-0.3, -0.25) is 4.68 Å². The molecular formula is C13H15ClN4OS. The second-order valence-electron chi connectivity index (χ2n) is 4.29. The number of oxime groups is 1. The van der Waals surface area contributed by atoms with Gasteiger partial charge in [-0.2, -0.15) is 5.10 Å². The quantitative estimate of drug-likeness (QED) is 0.299. The summed E-state index contributed by atoms with van der Waals surface area (Å²) in [5.74, 6) is 0.830. The van der Waals surface area contributed by atoms with E-state index >= 15 is 0 Å². The first-order valence-electron chi connectivity index (χ1n) is 5.91. The molecule has 1 aromatic carbocycles. The van der Waals surface area contributed by atoms with Gasteiger partial charge in [-0.25, -0.2) is 0 Å². The molecule has 2 aromatic rings. The summed E-state index contributed by atoms with van der Waals surface area (Å²) in [6.45, 7) is 1.83. The molecule has 1 heterocycles. The highest BCUT2D eigenvalue weighted by atomic mass is 35.5. The van der Waals surface area contributed by atoms with E-state index < -0.39 is 0 Å². The smallest absolute Gasteiger partial charge is 0.174 e. The third kappa shape index (κ3) is 3.08. The normalized spacial score (nSPS) is 11.8. The van der Waals surface area contributed by atoms with Crippen LogP contribution >= 0.6 is 23.4 Å². The third-order valence-corrected chi connectivity index (χ3v) is 4.29. The Morgan fingerprint density at radius 2 is 2.10 bits per heavy atom. The average molecular weight is 311 g/mol. The Morgan fingerprint density at radius 3 is 2.70 bits per heavy atom. The molecule has 106 valence electrons. The van der Waals surface area contributed by atoms with Gasteiger partial charge in [0.1, 0.15) is 5.03 Å². The van der Waals surface area contributed by atoms with Crippen molar-refractivity contribution < 1.29 is 5.21 Å². The van der Waals surface area contributed by atoms with Crippen molar-refractivity contribution in [3.8, 4) is 0 Å². The molecule has 0 fully saturated rings. The molecule has 0 spiro atoms. The highest BCUT2D eigenvalue weighted by Gasteiger charge is 2.17. The molecule has 0 radical (unpaired) electrons. The van der Waals surface area contributed by atoms with Crippen LogP contribution in [0, 0.1) is 6.92 Å². The van der Waals surface area contributed by atoms with Crippen LogP contribution in [0.15, 0.2) is 34.4 Å². The summed E-state index contributed by atoms with van der Waals surface area (Å²) in [5, 5.41) is 17.8. The van der Waals surface area contributed by atoms with Crippen molar-refractivity contribution in [2.75, 3.05) is 0 Å². The minimum absolute atomic E-state index is 0.0780. The van der Waals surface area contributed by atoms with Crippen LogP contribution in [0.2, 0.25) is 5.02 Å². The number of halogens is 1. The first kappa shape index (κ1) is 14.7. The standard InChI is InChI=1S/C13H15ClN4OS/c1-8-11(12(15)17-19)13(18(2)16-8)20-7-9-3-5-10(14)6-4-9/h3-6,19H,7H2,1-2H3,(H2,15,17). The molecule has 0 unspecified atom stereocenters. The summed E-state index contributed by atoms with van der Waals surface area (Å²) in [7, 11) is 1.84. The van der Waals surface area contributed by atoms with Crippen molar-refractivity contribution in [2.45, 2.75) is 17.7 Å². The van der Waals surface area contributed by atoms with Crippen LogP contribution in [0.5, 0.6) is 0 Å². The van der Waals surface area contributed by atoms with E-state index in [2.05, 4.69) is 10.3 Å². The number of aromatic nitrogens is 2. The zero-order chi connectivity index (χ0) is 14.7. The van der Waals surface area contributed by atoms with Crippen molar-refractivity contribution in [3.05, 3.63) is 46.1 Å². The maximum Gasteiger partial charge on any atom is 0.174 e. The summed E-state index contributed by atoms with van der Waals surface area (Å²) in [4.78, 5) is 0. The lowest BCUT2D eigenvalue weighted by atomic mass is 10.2. The number of hydrogen-bond donors (Lipinski definition) is 2. The molecule has 0 aliphatic heterocycles. The number of hydrogen-bond acceptors (Lipinski definition) is 4. The summed E-state index contributed by atoms with van der Waals surface area (Å²) < 4.78 is 1.74. The van der Waals surface area contributed by atoms with Crippen molar-refractivity contribution in [3.63, 3.8) is 0 Å². The van der Waals surface area contributed by atoms with Gasteiger partial charge in [0.2, 0.25) is 0 Å². The fraction of sp³-hybridized carbons (Fsp3) is 0.231. The minimum atomic E-state index is 0.0780. The molecule has 2 rings (SSSR count). The van der Waals surface area contributed by atoms with Gasteiger partial charge >= 0.3 is 0 Å². The van der Waals surface area contributed by atoms with E-state index in [9.17, 15) is 0 Å². The Balaban J connectivity index is 2.23. The first-order chi connectivity index (χ1) is 9.52. The Hall–Kier alpha value is -1.66. The summed E-state index contributed by atoms with van der Waals surface area (Å²) >= 11 is 7.44. The number of thioether (sulfide) groups is 1. The highest BCUT2D eigenvalue weighted by Crippen LogP contribution is 2.28. The van der Waals surface area contributed by atoms with Crippen molar-refractivity contribution in [1.29, 1.82) is 0 Å². The number of nitrogens with zero attached hydrogens (tertiary/aromatic N) is 3. The van der Waals surface area contributed by atoms with E-state index in [0.29, 0.717) is 10.6 Å². The van der Waals surface area contributed by atoms with E-state index in [4.69, 9.17) is 22.5 Å². The molecule has 0 atom stereocenters. The second kappa shape index (κ2) is 6.19. The largest absolute Gasteiger partial charge is 0.409 e. The lowest BCUT2D eigenvalue weighted by Gasteiger charge is -2.05. The zero-order valence-corrected chi connectivity index (χ0v) is 12.7. The molecule has 0 amide bonds. The Bertz CT molecular complexity index is 637. The molecule has 0 aliphatic rings. The molecule has 0 saturated carbocycles. The van der Waals surface area contributed by atoms with Crippen LogP contribution in [-0.4, -0.2) is 20.8 Å². The predicted molar refractivity (Wildman–Crippen MR) is 81.5 cm³/mol. The fourth-order valence-electron chi connectivity index (χ4n) is 1.88. The minimum Gasteiger partial charge on any atom is -0.409 e. The van der Waals surface area contributed by atoms with E-state index in [1.165, 1.54) is 0 Å². The molecule has 20 heavy (non-hydrogen) atoms. The molecule has 0 aliphatic carbocycles.